The third kappa shape index (κ3) is 3.42. The van der Waals surface area contributed by atoms with Crippen molar-refractivity contribution in [1.29, 1.82) is 0 Å². The minimum atomic E-state index is -3.40. The van der Waals surface area contributed by atoms with Gasteiger partial charge in [-0.25, -0.2) is 0 Å². The zero-order chi connectivity index (χ0) is 13.2. The fourth-order valence-corrected chi connectivity index (χ4v) is 4.14. The maximum atomic E-state index is 12.3. The molecule has 0 aromatic carbocycles. The molecular formula is C11H23N3O3S. The Morgan fingerprint density at radius 2 is 2.17 bits per heavy atom. The van der Waals surface area contributed by atoms with Gasteiger partial charge in [0, 0.05) is 25.2 Å². The number of hydrogen-bond donors (Lipinski definition) is 2. The van der Waals surface area contributed by atoms with E-state index in [4.69, 9.17) is 4.74 Å². The van der Waals surface area contributed by atoms with Crippen molar-refractivity contribution in [1.82, 2.24) is 14.3 Å². The third-order valence-corrected chi connectivity index (χ3v) is 5.23. The van der Waals surface area contributed by atoms with Crippen molar-refractivity contribution < 1.29 is 13.2 Å². The van der Waals surface area contributed by atoms with Gasteiger partial charge in [0.1, 0.15) is 0 Å². The van der Waals surface area contributed by atoms with Crippen LogP contribution in [0.1, 0.15) is 26.7 Å². The summed E-state index contributed by atoms with van der Waals surface area (Å²) < 4.78 is 34.5. The van der Waals surface area contributed by atoms with E-state index in [1.807, 2.05) is 13.8 Å². The van der Waals surface area contributed by atoms with Gasteiger partial charge in [-0.2, -0.15) is 17.4 Å². The van der Waals surface area contributed by atoms with Gasteiger partial charge >= 0.3 is 0 Å². The van der Waals surface area contributed by atoms with Crippen LogP contribution in [-0.2, 0) is 14.9 Å². The van der Waals surface area contributed by atoms with Crippen LogP contribution in [0.4, 0.5) is 0 Å². The zero-order valence-electron chi connectivity index (χ0n) is 11.1. The number of nitrogens with zero attached hydrogens (tertiary/aromatic N) is 1. The molecule has 0 bridgehead atoms. The molecule has 0 radical (unpaired) electrons. The highest BCUT2D eigenvalue weighted by molar-refractivity contribution is 7.87. The summed E-state index contributed by atoms with van der Waals surface area (Å²) in [7, 11) is -3.40. The molecule has 0 saturated carbocycles. The Kier molecular flexibility index (Phi) is 4.60. The molecule has 2 aliphatic rings. The Balaban J connectivity index is 2.00. The number of hydrogen-bond acceptors (Lipinski definition) is 4. The molecule has 7 heteroatoms. The second kappa shape index (κ2) is 5.83. The third-order valence-electron chi connectivity index (χ3n) is 3.47. The molecule has 0 amide bonds. The van der Waals surface area contributed by atoms with Crippen molar-refractivity contribution in [2.45, 2.75) is 44.9 Å². The van der Waals surface area contributed by atoms with Crippen molar-refractivity contribution in [3.63, 3.8) is 0 Å². The van der Waals surface area contributed by atoms with Gasteiger partial charge < -0.3 is 10.1 Å². The lowest BCUT2D eigenvalue weighted by molar-refractivity contribution is -0.0176. The second-order valence-electron chi connectivity index (χ2n) is 5.23. The second-order valence-corrected chi connectivity index (χ2v) is 6.88. The van der Waals surface area contributed by atoms with Crippen molar-refractivity contribution in [2.75, 3.05) is 26.2 Å². The molecule has 0 aliphatic carbocycles. The van der Waals surface area contributed by atoms with Gasteiger partial charge in [-0.15, -0.1) is 0 Å². The van der Waals surface area contributed by atoms with E-state index in [-0.39, 0.29) is 18.2 Å². The summed E-state index contributed by atoms with van der Waals surface area (Å²) in [6, 6.07) is -0.0932. The fraction of sp³-hybridized carbons (Fsp3) is 1.00. The normalized spacial score (nSPS) is 35.6. The predicted molar refractivity (Wildman–Crippen MR) is 69.5 cm³/mol. The van der Waals surface area contributed by atoms with Gasteiger partial charge in [-0.05, 0) is 33.2 Å². The molecule has 0 aromatic heterocycles. The molecule has 2 saturated heterocycles. The molecular weight excluding hydrogens is 254 g/mol. The summed E-state index contributed by atoms with van der Waals surface area (Å²) in [6.07, 6.45) is 1.88. The summed E-state index contributed by atoms with van der Waals surface area (Å²) >= 11 is 0. The zero-order valence-corrected chi connectivity index (χ0v) is 11.9. The molecule has 2 heterocycles. The SMILES string of the molecule is C[C@@H]1CN(S(=O)(=O)N[C@H]2CCCNC2)[C@@H](C)CO1. The molecule has 6 nitrogen and oxygen atoms in total. The summed E-state index contributed by atoms with van der Waals surface area (Å²) in [6.45, 7) is 6.36. The molecule has 2 aliphatic heterocycles. The standard InChI is InChI=1S/C11H23N3O3S/c1-9-8-17-10(2)7-14(9)18(15,16)13-11-4-3-5-12-6-11/h9-13H,3-8H2,1-2H3/t9-,10+,11-/m0/s1. The Bertz CT molecular complexity index is 368. The van der Waals surface area contributed by atoms with Crippen LogP contribution >= 0.6 is 0 Å². The van der Waals surface area contributed by atoms with Crippen molar-refractivity contribution in [3.8, 4) is 0 Å². The average Bonchev–Trinajstić information content (AvgIpc) is 2.33. The molecule has 0 spiro atoms. The molecule has 0 aromatic rings. The van der Waals surface area contributed by atoms with E-state index in [2.05, 4.69) is 10.0 Å². The molecule has 3 atom stereocenters. The van der Waals surface area contributed by atoms with Crippen molar-refractivity contribution in [2.24, 2.45) is 0 Å². The van der Waals surface area contributed by atoms with Crippen LogP contribution in [0.3, 0.4) is 0 Å². The molecule has 2 rings (SSSR count). The minimum absolute atomic E-state index is 0.00843. The first kappa shape index (κ1) is 14.2. The number of ether oxygens (including phenoxy) is 1. The highest BCUT2D eigenvalue weighted by atomic mass is 32.2. The first-order valence-electron chi connectivity index (χ1n) is 6.60. The molecule has 18 heavy (non-hydrogen) atoms. The molecule has 2 N–H and O–H groups in total. The summed E-state index contributed by atoms with van der Waals surface area (Å²) in [5, 5.41) is 3.21. The molecule has 106 valence electrons. The first-order valence-corrected chi connectivity index (χ1v) is 8.04. The van der Waals surface area contributed by atoms with E-state index >= 15 is 0 Å². The average molecular weight is 277 g/mol. The largest absolute Gasteiger partial charge is 0.375 e. The predicted octanol–water partition coefficient (Wildman–Crippen LogP) is -0.318. The lowest BCUT2D eigenvalue weighted by Crippen LogP contribution is -2.57. The molecule has 0 unspecified atom stereocenters. The van der Waals surface area contributed by atoms with Gasteiger partial charge in [0.25, 0.3) is 10.2 Å². The Labute approximate surface area is 109 Å². The smallest absolute Gasteiger partial charge is 0.280 e. The van der Waals surface area contributed by atoms with E-state index in [0.717, 1.165) is 19.4 Å². The van der Waals surface area contributed by atoms with Crippen LogP contribution in [0, 0.1) is 0 Å². The summed E-state index contributed by atoms with van der Waals surface area (Å²) in [4.78, 5) is 0. The Morgan fingerprint density at radius 1 is 1.39 bits per heavy atom. The van der Waals surface area contributed by atoms with Gasteiger partial charge in [0.2, 0.25) is 0 Å². The van der Waals surface area contributed by atoms with E-state index < -0.39 is 10.2 Å². The monoisotopic (exact) mass is 277 g/mol. The van der Waals surface area contributed by atoms with Crippen molar-refractivity contribution in [3.05, 3.63) is 0 Å². The maximum Gasteiger partial charge on any atom is 0.280 e. The van der Waals surface area contributed by atoms with Gasteiger partial charge in [-0.1, -0.05) is 0 Å². The first-order chi connectivity index (χ1) is 8.49. The van der Waals surface area contributed by atoms with Crippen LogP contribution in [-0.4, -0.2) is 57.2 Å². The number of morpholine rings is 1. The topological polar surface area (TPSA) is 70.7 Å². The summed E-state index contributed by atoms with van der Waals surface area (Å²) in [5.41, 5.74) is 0. The number of nitrogens with one attached hydrogen (secondary N) is 2. The van der Waals surface area contributed by atoms with Crippen LogP contribution in [0.5, 0.6) is 0 Å². The lowest BCUT2D eigenvalue weighted by atomic mass is 10.1. The summed E-state index contributed by atoms with van der Waals surface area (Å²) in [5.74, 6) is 0. The Morgan fingerprint density at radius 3 is 2.83 bits per heavy atom. The van der Waals surface area contributed by atoms with Crippen LogP contribution in [0.25, 0.3) is 0 Å². The van der Waals surface area contributed by atoms with Crippen LogP contribution in [0.2, 0.25) is 0 Å². The van der Waals surface area contributed by atoms with E-state index in [9.17, 15) is 8.42 Å². The highest BCUT2D eigenvalue weighted by Crippen LogP contribution is 2.16. The number of piperidine rings is 1. The highest BCUT2D eigenvalue weighted by Gasteiger charge is 2.34. The van der Waals surface area contributed by atoms with Crippen LogP contribution < -0.4 is 10.0 Å². The van der Waals surface area contributed by atoms with Gasteiger partial charge in [0.15, 0.2) is 0 Å². The van der Waals surface area contributed by atoms with Gasteiger partial charge in [0.05, 0.1) is 12.7 Å². The Hall–Kier alpha value is -0.210. The quantitative estimate of drug-likeness (QED) is 0.742. The lowest BCUT2D eigenvalue weighted by Gasteiger charge is -2.37. The minimum Gasteiger partial charge on any atom is -0.375 e. The van der Waals surface area contributed by atoms with E-state index in [0.29, 0.717) is 19.7 Å². The van der Waals surface area contributed by atoms with Crippen LogP contribution in [0.15, 0.2) is 0 Å². The number of rotatable bonds is 3. The maximum absolute atomic E-state index is 12.3. The van der Waals surface area contributed by atoms with Crippen molar-refractivity contribution >= 4 is 10.2 Å². The molecule has 2 fully saturated rings. The fourth-order valence-electron chi connectivity index (χ4n) is 2.44. The van der Waals surface area contributed by atoms with Gasteiger partial charge in [-0.3, -0.25) is 0 Å². The van der Waals surface area contributed by atoms with E-state index in [1.165, 1.54) is 4.31 Å². The van der Waals surface area contributed by atoms with E-state index in [1.54, 1.807) is 0 Å².